The zero-order valence-corrected chi connectivity index (χ0v) is 19.9. The van der Waals surface area contributed by atoms with Crippen molar-refractivity contribution in [3.63, 3.8) is 0 Å². The van der Waals surface area contributed by atoms with Crippen LogP contribution in [0.3, 0.4) is 0 Å². The van der Waals surface area contributed by atoms with Crippen molar-refractivity contribution in [2.24, 2.45) is 5.92 Å². The van der Waals surface area contributed by atoms with Crippen LogP contribution in [0.1, 0.15) is 40.5 Å². The van der Waals surface area contributed by atoms with Crippen LogP contribution in [0.25, 0.3) is 0 Å². The third-order valence-corrected chi connectivity index (χ3v) is 6.16. The van der Waals surface area contributed by atoms with Gasteiger partial charge in [0.2, 0.25) is 0 Å². The number of para-hydroxylation sites is 1. The number of rotatable bonds is 4. The molecule has 30 heavy (non-hydrogen) atoms. The van der Waals surface area contributed by atoms with Crippen LogP contribution in [0.5, 0.6) is 5.75 Å². The van der Waals surface area contributed by atoms with Crippen LogP contribution >= 0.6 is 34.8 Å². The van der Waals surface area contributed by atoms with Crippen LogP contribution in [-0.2, 0) is 0 Å². The Morgan fingerprint density at radius 1 is 1.17 bits per heavy atom. The molecule has 0 atom stereocenters. The summed E-state index contributed by atoms with van der Waals surface area (Å²) in [6.07, 6.45) is 2.02. The van der Waals surface area contributed by atoms with Crippen molar-refractivity contribution in [1.82, 2.24) is 10.2 Å². The van der Waals surface area contributed by atoms with Crippen LogP contribution in [0.15, 0.2) is 42.5 Å². The Kier molecular flexibility index (Phi) is 7.65. The summed E-state index contributed by atoms with van der Waals surface area (Å²) in [6, 6.07) is 12.4. The van der Waals surface area contributed by atoms with Gasteiger partial charge in [0.1, 0.15) is 5.75 Å². The van der Waals surface area contributed by atoms with E-state index < -0.39 is 0 Å². The zero-order valence-electron chi connectivity index (χ0n) is 16.9. The second kappa shape index (κ2) is 10.2. The molecule has 0 radical (unpaired) electrons. The number of likely N-dealkylation sites (tertiary alicyclic amines) is 1. The lowest BCUT2D eigenvalue weighted by Crippen LogP contribution is -2.39. The summed E-state index contributed by atoms with van der Waals surface area (Å²) in [4.78, 5) is 27.4. The molecule has 0 aliphatic carbocycles. The molecule has 2 aromatic carbocycles. The first kappa shape index (κ1) is 22.5. The SMILES string of the molecule is COc1ccc(C(=O)NC(=S)Nc2ccccc2C(=O)N2CCC(C)CC2)cc1I. The molecule has 1 saturated heterocycles. The molecule has 0 spiro atoms. The van der Waals surface area contributed by atoms with Crippen molar-refractivity contribution in [1.29, 1.82) is 0 Å². The van der Waals surface area contributed by atoms with E-state index >= 15 is 0 Å². The quantitative estimate of drug-likeness (QED) is 0.450. The van der Waals surface area contributed by atoms with Gasteiger partial charge in [0.15, 0.2) is 5.11 Å². The Morgan fingerprint density at radius 2 is 1.87 bits per heavy atom. The Hall–Kier alpha value is -2.20. The van der Waals surface area contributed by atoms with Crippen molar-refractivity contribution in [3.05, 3.63) is 57.2 Å². The molecule has 2 N–H and O–H groups in total. The molecule has 2 amide bonds. The summed E-state index contributed by atoms with van der Waals surface area (Å²) in [7, 11) is 1.58. The highest BCUT2D eigenvalue weighted by molar-refractivity contribution is 14.1. The van der Waals surface area contributed by atoms with Gasteiger partial charge in [-0.05, 0) is 83.9 Å². The molecule has 1 heterocycles. The van der Waals surface area contributed by atoms with Gasteiger partial charge in [-0.1, -0.05) is 19.1 Å². The fourth-order valence-electron chi connectivity index (χ4n) is 3.30. The molecule has 0 unspecified atom stereocenters. The van der Waals surface area contributed by atoms with E-state index in [0.29, 0.717) is 28.5 Å². The van der Waals surface area contributed by atoms with Gasteiger partial charge in [0.25, 0.3) is 11.8 Å². The van der Waals surface area contributed by atoms with Gasteiger partial charge in [0.05, 0.1) is 21.9 Å². The first-order valence-electron chi connectivity index (χ1n) is 9.73. The molecule has 158 valence electrons. The lowest BCUT2D eigenvalue weighted by Gasteiger charge is -2.30. The predicted molar refractivity (Wildman–Crippen MR) is 130 cm³/mol. The fraction of sp³-hybridized carbons (Fsp3) is 0.318. The Balaban J connectivity index is 1.67. The molecule has 0 bridgehead atoms. The maximum absolute atomic E-state index is 13.0. The highest BCUT2D eigenvalue weighted by atomic mass is 127. The van der Waals surface area contributed by atoms with Gasteiger partial charge in [0, 0.05) is 18.7 Å². The van der Waals surface area contributed by atoms with E-state index in [1.807, 2.05) is 17.0 Å². The average Bonchev–Trinajstić information content (AvgIpc) is 2.74. The number of piperidine rings is 1. The Morgan fingerprint density at radius 3 is 2.53 bits per heavy atom. The van der Waals surface area contributed by atoms with Gasteiger partial charge in [-0.3, -0.25) is 14.9 Å². The molecule has 1 aliphatic rings. The van der Waals surface area contributed by atoms with E-state index in [1.54, 1.807) is 37.4 Å². The van der Waals surface area contributed by atoms with Crippen LogP contribution in [0, 0.1) is 9.49 Å². The minimum absolute atomic E-state index is 0.0242. The number of anilines is 1. The molecule has 1 fully saturated rings. The molecule has 1 aliphatic heterocycles. The number of nitrogens with zero attached hydrogens (tertiary/aromatic N) is 1. The smallest absolute Gasteiger partial charge is 0.257 e. The van der Waals surface area contributed by atoms with Crippen molar-refractivity contribution >= 4 is 57.4 Å². The Labute approximate surface area is 195 Å². The third-order valence-electron chi connectivity index (χ3n) is 5.12. The summed E-state index contributed by atoms with van der Waals surface area (Å²) < 4.78 is 6.05. The topological polar surface area (TPSA) is 70.7 Å². The first-order chi connectivity index (χ1) is 14.4. The number of carbonyl (C=O) groups excluding carboxylic acids is 2. The molecular weight excluding hydrogens is 513 g/mol. The maximum atomic E-state index is 13.0. The molecule has 6 nitrogen and oxygen atoms in total. The van der Waals surface area contributed by atoms with Gasteiger partial charge in [-0.25, -0.2) is 0 Å². The Bertz CT molecular complexity index is 958. The molecule has 0 aromatic heterocycles. The van der Waals surface area contributed by atoms with E-state index in [9.17, 15) is 9.59 Å². The number of hydrogen-bond acceptors (Lipinski definition) is 4. The zero-order chi connectivity index (χ0) is 21.7. The predicted octanol–water partition coefficient (Wildman–Crippen LogP) is 4.30. The van der Waals surface area contributed by atoms with Gasteiger partial charge in [-0.15, -0.1) is 0 Å². The number of thiocarbonyl (C=S) groups is 1. The highest BCUT2D eigenvalue weighted by Gasteiger charge is 2.23. The van der Waals surface area contributed by atoms with Crippen molar-refractivity contribution in [2.75, 3.05) is 25.5 Å². The standard InChI is InChI=1S/C22H24IN3O3S/c1-14-9-11-26(12-10-14)21(28)16-5-3-4-6-18(16)24-22(30)25-20(27)15-7-8-19(29-2)17(23)13-15/h3-8,13-14H,9-12H2,1-2H3,(H2,24,25,27,30). The van der Waals surface area contributed by atoms with Crippen LogP contribution in [0.4, 0.5) is 5.69 Å². The average molecular weight is 537 g/mol. The summed E-state index contributed by atoms with van der Waals surface area (Å²) in [6.45, 7) is 3.72. The number of carbonyl (C=O) groups is 2. The minimum Gasteiger partial charge on any atom is -0.496 e. The second-order valence-corrected chi connectivity index (χ2v) is 8.85. The summed E-state index contributed by atoms with van der Waals surface area (Å²) in [5, 5.41) is 5.81. The molecule has 2 aromatic rings. The number of nitrogens with one attached hydrogen (secondary N) is 2. The number of halogens is 1. The van der Waals surface area contributed by atoms with Crippen LogP contribution in [-0.4, -0.2) is 42.0 Å². The van der Waals surface area contributed by atoms with Gasteiger partial charge >= 0.3 is 0 Å². The summed E-state index contributed by atoms with van der Waals surface area (Å²) >= 11 is 7.43. The van der Waals surface area contributed by atoms with E-state index in [0.717, 1.165) is 29.5 Å². The van der Waals surface area contributed by atoms with E-state index in [1.165, 1.54) is 0 Å². The van der Waals surface area contributed by atoms with Crippen molar-refractivity contribution in [2.45, 2.75) is 19.8 Å². The minimum atomic E-state index is -0.332. The van der Waals surface area contributed by atoms with E-state index in [4.69, 9.17) is 17.0 Å². The van der Waals surface area contributed by atoms with E-state index in [-0.39, 0.29) is 16.9 Å². The number of ether oxygens (including phenoxy) is 1. The molecule has 0 saturated carbocycles. The lowest BCUT2D eigenvalue weighted by molar-refractivity contribution is 0.0698. The summed E-state index contributed by atoms with van der Waals surface area (Å²) in [5.41, 5.74) is 1.59. The third kappa shape index (κ3) is 5.48. The second-order valence-electron chi connectivity index (χ2n) is 7.28. The van der Waals surface area contributed by atoms with Gasteiger partial charge < -0.3 is 15.0 Å². The number of methoxy groups -OCH3 is 1. The molecular formula is C22H24IN3O3S. The first-order valence-corrected chi connectivity index (χ1v) is 11.2. The number of hydrogen-bond donors (Lipinski definition) is 2. The summed E-state index contributed by atoms with van der Waals surface area (Å²) in [5.74, 6) is 0.990. The fourth-order valence-corrected chi connectivity index (χ4v) is 4.24. The van der Waals surface area contributed by atoms with Crippen molar-refractivity contribution < 1.29 is 14.3 Å². The van der Waals surface area contributed by atoms with Gasteiger partial charge in [-0.2, -0.15) is 0 Å². The monoisotopic (exact) mass is 537 g/mol. The largest absolute Gasteiger partial charge is 0.496 e. The van der Waals surface area contributed by atoms with Crippen LogP contribution < -0.4 is 15.4 Å². The molecule has 8 heteroatoms. The molecule has 3 rings (SSSR count). The lowest BCUT2D eigenvalue weighted by atomic mass is 9.98. The maximum Gasteiger partial charge on any atom is 0.257 e. The van der Waals surface area contributed by atoms with Crippen molar-refractivity contribution in [3.8, 4) is 5.75 Å². The normalized spacial score (nSPS) is 14.2. The van der Waals surface area contributed by atoms with Crippen LogP contribution in [0.2, 0.25) is 0 Å². The number of amides is 2. The number of benzene rings is 2. The highest BCUT2D eigenvalue weighted by Crippen LogP contribution is 2.23. The van der Waals surface area contributed by atoms with E-state index in [2.05, 4.69) is 40.1 Å².